The summed E-state index contributed by atoms with van der Waals surface area (Å²) in [5.74, 6) is 0.986. The Kier molecular flexibility index (Phi) is 6.49. The van der Waals surface area contributed by atoms with E-state index in [0.29, 0.717) is 12.6 Å². The highest BCUT2D eigenvalue weighted by Gasteiger charge is 2.22. The normalized spacial score (nSPS) is 17.9. The number of likely N-dealkylation sites (N-methyl/N-ethyl adjacent to an activating group) is 2. The molecular formula is C17H28N2O2. The molecule has 1 aliphatic rings. The number of hydrogen-bond donors (Lipinski definition) is 1. The van der Waals surface area contributed by atoms with Gasteiger partial charge in [0.2, 0.25) is 0 Å². The Labute approximate surface area is 128 Å². The topological polar surface area (TPSA) is 33.7 Å². The van der Waals surface area contributed by atoms with Crippen LogP contribution in [-0.2, 0) is 4.74 Å². The van der Waals surface area contributed by atoms with E-state index < -0.39 is 0 Å². The summed E-state index contributed by atoms with van der Waals surface area (Å²) < 4.78 is 11.2. The standard InChI is InChI=1S/C17H28N2O2/c1-4-21-17-8-6-5-7-15(17)16(18-2)13-19(3)14-9-11-20-12-10-14/h5-8,14,16,18H,4,9-13H2,1-3H3. The first kappa shape index (κ1) is 16.3. The number of nitrogens with one attached hydrogen (secondary N) is 1. The van der Waals surface area contributed by atoms with Crippen LogP contribution in [0.3, 0.4) is 0 Å². The van der Waals surface area contributed by atoms with Crippen molar-refractivity contribution in [3.63, 3.8) is 0 Å². The molecule has 1 aromatic carbocycles. The Balaban J connectivity index is 2.05. The fourth-order valence-electron chi connectivity index (χ4n) is 2.96. The van der Waals surface area contributed by atoms with Gasteiger partial charge in [-0.2, -0.15) is 0 Å². The number of hydrogen-bond acceptors (Lipinski definition) is 4. The molecule has 0 amide bonds. The van der Waals surface area contributed by atoms with E-state index in [0.717, 1.165) is 38.3 Å². The Hall–Kier alpha value is -1.10. The van der Waals surface area contributed by atoms with Gasteiger partial charge in [-0.25, -0.2) is 0 Å². The van der Waals surface area contributed by atoms with Gasteiger partial charge in [-0.1, -0.05) is 18.2 Å². The van der Waals surface area contributed by atoms with Crippen LogP contribution in [0.4, 0.5) is 0 Å². The van der Waals surface area contributed by atoms with Crippen molar-refractivity contribution in [3.05, 3.63) is 29.8 Å². The van der Waals surface area contributed by atoms with Gasteiger partial charge in [0.15, 0.2) is 0 Å². The third-order valence-corrected chi connectivity index (χ3v) is 4.23. The van der Waals surface area contributed by atoms with Gasteiger partial charge in [-0.3, -0.25) is 0 Å². The van der Waals surface area contributed by atoms with E-state index >= 15 is 0 Å². The van der Waals surface area contributed by atoms with Gasteiger partial charge >= 0.3 is 0 Å². The number of para-hydroxylation sites is 1. The summed E-state index contributed by atoms with van der Waals surface area (Å²) in [6, 6.07) is 9.22. The highest BCUT2D eigenvalue weighted by Crippen LogP contribution is 2.26. The Morgan fingerprint density at radius 3 is 2.71 bits per heavy atom. The van der Waals surface area contributed by atoms with Gasteiger partial charge in [0, 0.05) is 37.4 Å². The molecule has 1 fully saturated rings. The lowest BCUT2D eigenvalue weighted by atomic mass is 10.0. The average molecular weight is 292 g/mol. The Morgan fingerprint density at radius 2 is 2.05 bits per heavy atom. The molecule has 1 N–H and O–H groups in total. The van der Waals surface area contributed by atoms with E-state index in [1.54, 1.807) is 0 Å². The van der Waals surface area contributed by atoms with Crippen molar-refractivity contribution in [1.29, 1.82) is 0 Å². The van der Waals surface area contributed by atoms with Crippen molar-refractivity contribution < 1.29 is 9.47 Å². The monoisotopic (exact) mass is 292 g/mol. The number of rotatable bonds is 7. The lowest BCUT2D eigenvalue weighted by Gasteiger charge is -2.34. The zero-order valence-corrected chi connectivity index (χ0v) is 13.5. The maximum Gasteiger partial charge on any atom is 0.124 e. The molecule has 1 heterocycles. The van der Waals surface area contributed by atoms with Crippen molar-refractivity contribution >= 4 is 0 Å². The first-order chi connectivity index (χ1) is 10.3. The maximum atomic E-state index is 5.77. The summed E-state index contributed by atoms with van der Waals surface area (Å²) in [6.07, 6.45) is 2.25. The number of nitrogens with zero attached hydrogens (tertiary/aromatic N) is 1. The molecule has 21 heavy (non-hydrogen) atoms. The zero-order valence-electron chi connectivity index (χ0n) is 13.5. The van der Waals surface area contributed by atoms with Gasteiger partial charge in [-0.05, 0) is 39.9 Å². The van der Waals surface area contributed by atoms with Crippen LogP contribution < -0.4 is 10.1 Å². The fraction of sp³-hybridized carbons (Fsp3) is 0.647. The summed E-state index contributed by atoms with van der Waals surface area (Å²) >= 11 is 0. The molecule has 0 saturated carbocycles. The lowest BCUT2D eigenvalue weighted by Crippen LogP contribution is -2.41. The molecule has 1 atom stereocenters. The predicted octanol–water partition coefficient (Wildman–Crippen LogP) is 2.46. The predicted molar refractivity (Wildman–Crippen MR) is 85.9 cm³/mol. The van der Waals surface area contributed by atoms with Gasteiger partial charge in [0.1, 0.15) is 5.75 Å². The van der Waals surface area contributed by atoms with Crippen LogP contribution in [0.2, 0.25) is 0 Å². The Morgan fingerprint density at radius 1 is 1.33 bits per heavy atom. The first-order valence-corrected chi connectivity index (χ1v) is 7.93. The van der Waals surface area contributed by atoms with Crippen molar-refractivity contribution in [2.24, 2.45) is 0 Å². The Bertz CT molecular complexity index is 419. The second kappa shape index (κ2) is 8.37. The van der Waals surface area contributed by atoms with Gasteiger partial charge in [0.05, 0.1) is 6.61 Å². The van der Waals surface area contributed by atoms with Crippen molar-refractivity contribution in [3.8, 4) is 5.75 Å². The van der Waals surface area contributed by atoms with Gasteiger partial charge in [-0.15, -0.1) is 0 Å². The van der Waals surface area contributed by atoms with Gasteiger partial charge in [0.25, 0.3) is 0 Å². The molecular weight excluding hydrogens is 264 g/mol. The maximum absolute atomic E-state index is 5.77. The molecule has 0 aromatic heterocycles. The molecule has 0 bridgehead atoms. The summed E-state index contributed by atoms with van der Waals surface area (Å²) in [4.78, 5) is 2.45. The van der Waals surface area contributed by atoms with Crippen LogP contribution in [0.25, 0.3) is 0 Å². The molecule has 0 radical (unpaired) electrons. The van der Waals surface area contributed by atoms with Crippen molar-refractivity contribution in [1.82, 2.24) is 10.2 Å². The highest BCUT2D eigenvalue weighted by atomic mass is 16.5. The minimum Gasteiger partial charge on any atom is -0.494 e. The van der Waals surface area contributed by atoms with E-state index in [1.165, 1.54) is 5.56 Å². The molecule has 0 aliphatic carbocycles. The molecule has 4 heteroatoms. The quantitative estimate of drug-likeness (QED) is 0.837. The van der Waals surface area contributed by atoms with Crippen molar-refractivity contribution in [2.45, 2.75) is 31.8 Å². The molecule has 2 rings (SSSR count). The molecule has 1 unspecified atom stereocenters. The van der Waals surface area contributed by atoms with E-state index in [2.05, 4.69) is 35.5 Å². The summed E-state index contributed by atoms with van der Waals surface area (Å²) in [7, 11) is 4.23. The first-order valence-electron chi connectivity index (χ1n) is 7.93. The molecule has 1 saturated heterocycles. The number of benzene rings is 1. The molecule has 1 aromatic rings. The van der Waals surface area contributed by atoms with Crippen LogP contribution in [0, 0.1) is 0 Å². The smallest absolute Gasteiger partial charge is 0.124 e. The highest BCUT2D eigenvalue weighted by molar-refractivity contribution is 5.36. The molecule has 4 nitrogen and oxygen atoms in total. The van der Waals surface area contributed by atoms with Crippen LogP contribution in [0.1, 0.15) is 31.4 Å². The van der Waals surface area contributed by atoms with E-state index in [4.69, 9.17) is 9.47 Å². The van der Waals surface area contributed by atoms with E-state index in [9.17, 15) is 0 Å². The van der Waals surface area contributed by atoms with Crippen LogP contribution >= 0.6 is 0 Å². The van der Waals surface area contributed by atoms with Gasteiger partial charge < -0.3 is 19.7 Å². The van der Waals surface area contributed by atoms with Crippen LogP contribution in [-0.4, -0.2) is 51.4 Å². The van der Waals surface area contributed by atoms with E-state index in [1.807, 2.05) is 20.0 Å². The minimum atomic E-state index is 0.278. The minimum absolute atomic E-state index is 0.278. The average Bonchev–Trinajstić information content (AvgIpc) is 2.54. The summed E-state index contributed by atoms with van der Waals surface area (Å²) in [5.41, 5.74) is 1.24. The van der Waals surface area contributed by atoms with Crippen LogP contribution in [0.5, 0.6) is 5.75 Å². The lowest BCUT2D eigenvalue weighted by molar-refractivity contribution is 0.0403. The van der Waals surface area contributed by atoms with Crippen molar-refractivity contribution in [2.75, 3.05) is 40.5 Å². The SMILES string of the molecule is CCOc1ccccc1C(CN(C)C1CCOCC1)NC. The number of ether oxygens (including phenoxy) is 2. The van der Waals surface area contributed by atoms with Crippen LogP contribution in [0.15, 0.2) is 24.3 Å². The second-order valence-corrected chi connectivity index (χ2v) is 5.60. The zero-order chi connectivity index (χ0) is 15.1. The summed E-state index contributed by atoms with van der Waals surface area (Å²) in [5, 5.41) is 3.43. The molecule has 118 valence electrons. The molecule has 0 spiro atoms. The second-order valence-electron chi connectivity index (χ2n) is 5.60. The van der Waals surface area contributed by atoms with E-state index in [-0.39, 0.29) is 6.04 Å². The molecule has 1 aliphatic heterocycles. The summed E-state index contributed by atoms with van der Waals surface area (Å²) in [6.45, 7) is 5.47. The third-order valence-electron chi connectivity index (χ3n) is 4.23. The fourth-order valence-corrected chi connectivity index (χ4v) is 2.96. The largest absolute Gasteiger partial charge is 0.494 e. The third kappa shape index (κ3) is 4.43.